The molecule has 1 rings (SSSR count). The fourth-order valence-corrected chi connectivity index (χ4v) is 2.16. The molecule has 0 spiro atoms. The smallest absolute Gasteiger partial charge is 0.330 e. The number of carbonyl (C=O) groups is 4. The van der Waals surface area contributed by atoms with Crippen molar-refractivity contribution >= 4 is 24.4 Å². The topological polar surface area (TPSA) is 127 Å². The van der Waals surface area contributed by atoms with Crippen LogP contribution in [0.1, 0.15) is 25.7 Å². The van der Waals surface area contributed by atoms with E-state index in [9.17, 15) is 14.4 Å². The second-order valence-electron chi connectivity index (χ2n) is 4.48. The molecule has 0 saturated heterocycles. The maximum atomic E-state index is 11.8. The molecule has 0 bridgehead atoms. The molecule has 0 aliphatic heterocycles. The van der Waals surface area contributed by atoms with Crippen molar-refractivity contribution in [2.75, 3.05) is 13.2 Å². The van der Waals surface area contributed by atoms with Gasteiger partial charge in [0.1, 0.15) is 13.2 Å². The van der Waals surface area contributed by atoms with Gasteiger partial charge in [0.05, 0.1) is 11.8 Å². The predicted molar refractivity (Wildman–Crippen MR) is 73.9 cm³/mol. The number of aliphatic carboxylic acids is 1. The van der Waals surface area contributed by atoms with E-state index in [1.807, 2.05) is 0 Å². The Kier molecular flexibility index (Phi) is 10.1. The number of carbonyl (C=O) groups excluding carboxylic acids is 2. The van der Waals surface area contributed by atoms with Gasteiger partial charge in [-0.15, -0.1) is 0 Å². The van der Waals surface area contributed by atoms with Gasteiger partial charge in [0.2, 0.25) is 0 Å². The van der Waals surface area contributed by atoms with Gasteiger partial charge in [-0.3, -0.25) is 14.4 Å². The van der Waals surface area contributed by atoms with Crippen molar-refractivity contribution in [1.82, 2.24) is 0 Å². The van der Waals surface area contributed by atoms with Gasteiger partial charge in [0.25, 0.3) is 6.47 Å². The zero-order chi connectivity index (χ0) is 17.0. The molecule has 2 N–H and O–H groups in total. The Labute approximate surface area is 127 Å². The first-order valence-corrected chi connectivity index (χ1v) is 6.74. The second kappa shape index (κ2) is 11.3. The van der Waals surface area contributed by atoms with Gasteiger partial charge in [-0.2, -0.15) is 0 Å². The quantitative estimate of drug-likeness (QED) is 0.319. The highest BCUT2D eigenvalue weighted by Gasteiger charge is 2.36. The number of hydrogen-bond acceptors (Lipinski definition) is 6. The largest absolute Gasteiger partial charge is 0.483 e. The number of rotatable bonds is 6. The Morgan fingerprint density at radius 1 is 1.09 bits per heavy atom. The maximum Gasteiger partial charge on any atom is 0.330 e. The van der Waals surface area contributed by atoms with Gasteiger partial charge in [-0.25, -0.2) is 4.79 Å². The molecule has 1 saturated carbocycles. The lowest BCUT2D eigenvalue weighted by atomic mass is 9.79. The molecule has 0 aromatic carbocycles. The van der Waals surface area contributed by atoms with E-state index in [-0.39, 0.29) is 19.7 Å². The van der Waals surface area contributed by atoms with Gasteiger partial charge in [0, 0.05) is 6.08 Å². The van der Waals surface area contributed by atoms with Crippen LogP contribution in [0.4, 0.5) is 0 Å². The SMILES string of the molecule is C=CC(=O)OCCOC(=O)C1CCCCC1C(=O)O.O=CO. The monoisotopic (exact) mass is 316 g/mol. The molecule has 0 radical (unpaired) electrons. The first-order valence-electron chi connectivity index (χ1n) is 6.74. The zero-order valence-corrected chi connectivity index (χ0v) is 12.1. The third-order valence-electron chi connectivity index (χ3n) is 3.12. The zero-order valence-electron chi connectivity index (χ0n) is 12.1. The fraction of sp³-hybridized carbons (Fsp3) is 0.571. The van der Waals surface area contributed by atoms with Crippen molar-refractivity contribution in [2.45, 2.75) is 25.7 Å². The molecule has 0 amide bonds. The highest BCUT2D eigenvalue weighted by atomic mass is 16.6. The minimum atomic E-state index is -0.959. The summed E-state index contributed by atoms with van der Waals surface area (Å²) in [6, 6.07) is 0. The maximum absolute atomic E-state index is 11.8. The molecule has 124 valence electrons. The summed E-state index contributed by atoms with van der Waals surface area (Å²) < 4.78 is 9.60. The van der Waals surface area contributed by atoms with Crippen molar-refractivity contribution in [1.29, 1.82) is 0 Å². The van der Waals surface area contributed by atoms with Crippen LogP contribution in [0.3, 0.4) is 0 Å². The van der Waals surface area contributed by atoms with Crippen LogP contribution >= 0.6 is 0 Å². The summed E-state index contributed by atoms with van der Waals surface area (Å²) in [4.78, 5) is 41.9. The first-order chi connectivity index (χ1) is 10.5. The Balaban J connectivity index is 0.00000135. The van der Waals surface area contributed by atoms with E-state index in [1.54, 1.807) is 0 Å². The third-order valence-corrected chi connectivity index (χ3v) is 3.12. The van der Waals surface area contributed by atoms with Gasteiger partial charge < -0.3 is 19.7 Å². The summed E-state index contributed by atoms with van der Waals surface area (Å²) in [5.41, 5.74) is 0. The number of carboxylic acid groups (broad SMARTS) is 2. The third kappa shape index (κ3) is 7.41. The van der Waals surface area contributed by atoms with Crippen molar-refractivity contribution in [3.8, 4) is 0 Å². The molecule has 0 aromatic heterocycles. The minimum Gasteiger partial charge on any atom is -0.483 e. The van der Waals surface area contributed by atoms with Crippen LogP contribution in [-0.4, -0.2) is 47.8 Å². The highest BCUT2D eigenvalue weighted by Crippen LogP contribution is 2.31. The van der Waals surface area contributed by atoms with E-state index in [0.29, 0.717) is 12.8 Å². The van der Waals surface area contributed by atoms with Gasteiger partial charge in [-0.1, -0.05) is 19.4 Å². The molecule has 0 aromatic rings. The lowest BCUT2D eigenvalue weighted by molar-refractivity contribution is -0.161. The van der Waals surface area contributed by atoms with E-state index >= 15 is 0 Å². The summed E-state index contributed by atoms with van der Waals surface area (Å²) in [5, 5.41) is 15.9. The Morgan fingerprint density at radius 2 is 1.59 bits per heavy atom. The summed E-state index contributed by atoms with van der Waals surface area (Å²) >= 11 is 0. The summed E-state index contributed by atoms with van der Waals surface area (Å²) in [6.45, 7) is 2.86. The van der Waals surface area contributed by atoms with E-state index in [0.717, 1.165) is 18.9 Å². The Morgan fingerprint density at radius 3 is 2.09 bits per heavy atom. The molecule has 2 atom stereocenters. The number of ether oxygens (including phenoxy) is 2. The molecular weight excluding hydrogens is 296 g/mol. The standard InChI is InChI=1S/C13H18O6.CH2O2/c1-2-11(14)18-7-8-19-13(17)10-6-4-3-5-9(10)12(15)16;2-1-3/h2,9-10H,1,3-8H2,(H,15,16);1H,(H,2,3). The molecule has 0 heterocycles. The molecule has 1 fully saturated rings. The van der Waals surface area contributed by atoms with Crippen LogP contribution < -0.4 is 0 Å². The number of hydrogen-bond donors (Lipinski definition) is 2. The first kappa shape index (κ1) is 19.6. The van der Waals surface area contributed by atoms with Crippen molar-refractivity contribution in [2.24, 2.45) is 11.8 Å². The van der Waals surface area contributed by atoms with Gasteiger partial charge >= 0.3 is 17.9 Å². The minimum absolute atomic E-state index is 0.0545. The average Bonchev–Trinajstić information content (AvgIpc) is 2.51. The predicted octanol–water partition coefficient (Wildman–Crippen LogP) is 0.851. The van der Waals surface area contributed by atoms with Gasteiger partial charge in [0.15, 0.2) is 0 Å². The van der Waals surface area contributed by atoms with E-state index in [2.05, 4.69) is 11.3 Å². The van der Waals surface area contributed by atoms with E-state index in [1.165, 1.54) is 0 Å². The van der Waals surface area contributed by atoms with Gasteiger partial charge in [-0.05, 0) is 12.8 Å². The molecule has 1 aliphatic carbocycles. The molecule has 2 unspecified atom stereocenters. The molecular formula is C14H20O8. The summed E-state index contributed by atoms with van der Waals surface area (Å²) in [5.74, 6) is -3.34. The number of esters is 2. The van der Waals surface area contributed by atoms with Crippen LogP contribution in [0.5, 0.6) is 0 Å². The van der Waals surface area contributed by atoms with Crippen LogP contribution in [0.15, 0.2) is 12.7 Å². The highest BCUT2D eigenvalue weighted by molar-refractivity contribution is 5.82. The average molecular weight is 316 g/mol. The molecule has 22 heavy (non-hydrogen) atoms. The van der Waals surface area contributed by atoms with Crippen molar-refractivity contribution in [3.05, 3.63) is 12.7 Å². The molecule has 8 nitrogen and oxygen atoms in total. The van der Waals surface area contributed by atoms with Crippen LogP contribution in [0.25, 0.3) is 0 Å². The molecule has 1 aliphatic rings. The Hall–Kier alpha value is -2.38. The lowest BCUT2D eigenvalue weighted by Gasteiger charge is -2.26. The number of carboxylic acids is 1. The van der Waals surface area contributed by atoms with Crippen LogP contribution in [-0.2, 0) is 28.7 Å². The Bertz CT molecular complexity index is 404. The van der Waals surface area contributed by atoms with Crippen LogP contribution in [0, 0.1) is 11.8 Å². The second-order valence-corrected chi connectivity index (χ2v) is 4.48. The normalized spacial score (nSPS) is 19.8. The van der Waals surface area contributed by atoms with Crippen molar-refractivity contribution < 1.29 is 38.9 Å². The van der Waals surface area contributed by atoms with Crippen molar-refractivity contribution in [3.63, 3.8) is 0 Å². The summed E-state index contributed by atoms with van der Waals surface area (Å²) in [7, 11) is 0. The van der Waals surface area contributed by atoms with E-state index in [4.69, 9.17) is 19.7 Å². The fourth-order valence-electron chi connectivity index (χ4n) is 2.16. The summed E-state index contributed by atoms with van der Waals surface area (Å²) in [6.07, 6.45) is 3.69. The van der Waals surface area contributed by atoms with E-state index < -0.39 is 29.7 Å². The molecule has 8 heteroatoms. The lowest BCUT2D eigenvalue weighted by Crippen LogP contribution is -2.34. The van der Waals surface area contributed by atoms with Crippen LogP contribution in [0.2, 0.25) is 0 Å².